The summed E-state index contributed by atoms with van der Waals surface area (Å²) in [5.41, 5.74) is 15.2. The van der Waals surface area contributed by atoms with Crippen molar-refractivity contribution in [1.82, 2.24) is 4.98 Å². The van der Waals surface area contributed by atoms with E-state index in [0.29, 0.717) is 0 Å². The van der Waals surface area contributed by atoms with Gasteiger partial charge < -0.3 is 9.32 Å². The van der Waals surface area contributed by atoms with Crippen LogP contribution in [0.1, 0.15) is 25.0 Å². The molecular formula is C52H36N2O. The molecule has 2 aromatic heterocycles. The molecule has 0 saturated carbocycles. The number of aromatic nitrogens is 1. The first-order valence-electron chi connectivity index (χ1n) is 19.0. The number of nitrogens with zero attached hydrogens (tertiary/aromatic N) is 2. The van der Waals surface area contributed by atoms with E-state index in [1.165, 1.54) is 33.4 Å². The molecule has 3 heteroatoms. The standard InChI is InChI=1S/C52H36N2O/c1-52(2)43-22-12-9-19-38(43)39-30-29-37(31-44(39)52)54(36-27-25-34(26-28-36)33-15-5-3-6-16-33)46-32-42-48(49-41-21-11-14-24-47(41)55-51(46)49)40-20-10-13-23-45(40)53-50(42)35-17-7-4-8-18-35/h3-32H,1-2H3. The maximum absolute atomic E-state index is 7.03. The zero-order valence-corrected chi connectivity index (χ0v) is 30.6. The molecule has 0 unspecified atom stereocenters. The molecule has 8 aromatic carbocycles. The molecule has 2 heterocycles. The highest BCUT2D eigenvalue weighted by Gasteiger charge is 2.36. The van der Waals surface area contributed by atoms with Crippen molar-refractivity contribution in [3.05, 3.63) is 193 Å². The highest BCUT2D eigenvalue weighted by molar-refractivity contribution is 6.30. The van der Waals surface area contributed by atoms with E-state index in [-0.39, 0.29) is 5.41 Å². The average Bonchev–Trinajstić information content (AvgIpc) is 3.74. The summed E-state index contributed by atoms with van der Waals surface area (Å²) in [6.07, 6.45) is 0. The van der Waals surface area contributed by atoms with Crippen molar-refractivity contribution < 1.29 is 4.42 Å². The molecule has 260 valence electrons. The van der Waals surface area contributed by atoms with Gasteiger partial charge in [-0.05, 0) is 75.8 Å². The summed E-state index contributed by atoms with van der Waals surface area (Å²) in [5, 5.41) is 5.52. The number of para-hydroxylation sites is 2. The third kappa shape index (κ3) is 4.79. The van der Waals surface area contributed by atoms with E-state index in [1.807, 2.05) is 0 Å². The molecule has 1 aliphatic rings. The second-order valence-corrected chi connectivity index (χ2v) is 15.1. The molecule has 11 rings (SSSR count). The van der Waals surface area contributed by atoms with Gasteiger partial charge in [-0.25, -0.2) is 4.98 Å². The van der Waals surface area contributed by atoms with Crippen LogP contribution in [-0.2, 0) is 5.41 Å². The molecule has 0 radical (unpaired) electrons. The monoisotopic (exact) mass is 704 g/mol. The van der Waals surface area contributed by atoms with Gasteiger partial charge in [0.1, 0.15) is 5.58 Å². The Balaban J connectivity index is 1.25. The Hall–Kier alpha value is -6.97. The highest BCUT2D eigenvalue weighted by Crippen LogP contribution is 2.53. The summed E-state index contributed by atoms with van der Waals surface area (Å²) in [5.74, 6) is 0. The van der Waals surface area contributed by atoms with Gasteiger partial charge in [0.2, 0.25) is 0 Å². The first kappa shape index (κ1) is 31.5. The predicted molar refractivity (Wildman–Crippen MR) is 230 cm³/mol. The number of pyridine rings is 1. The van der Waals surface area contributed by atoms with Crippen LogP contribution < -0.4 is 4.90 Å². The van der Waals surface area contributed by atoms with Crippen molar-refractivity contribution in [2.24, 2.45) is 0 Å². The number of anilines is 3. The van der Waals surface area contributed by atoms with Crippen LogP contribution in [0.15, 0.2) is 186 Å². The van der Waals surface area contributed by atoms with E-state index in [1.54, 1.807) is 0 Å². The first-order valence-corrected chi connectivity index (χ1v) is 19.0. The van der Waals surface area contributed by atoms with Crippen LogP contribution >= 0.6 is 0 Å². The minimum absolute atomic E-state index is 0.161. The van der Waals surface area contributed by atoms with Crippen LogP contribution in [0.4, 0.5) is 17.1 Å². The fourth-order valence-corrected chi connectivity index (χ4v) is 8.99. The SMILES string of the molecule is CC1(C)c2ccccc2-c2ccc(N(c3ccc(-c4ccccc4)cc3)c3cc4c(-c5ccccc5)nc5ccccc5c4c4c3oc3ccccc34)cc21. The minimum Gasteiger partial charge on any atom is -0.454 e. The minimum atomic E-state index is -0.161. The molecule has 0 saturated heterocycles. The van der Waals surface area contributed by atoms with Crippen molar-refractivity contribution in [2.45, 2.75) is 19.3 Å². The van der Waals surface area contributed by atoms with Gasteiger partial charge in [-0.15, -0.1) is 0 Å². The van der Waals surface area contributed by atoms with Gasteiger partial charge in [0.15, 0.2) is 5.58 Å². The van der Waals surface area contributed by atoms with Crippen LogP contribution in [0.3, 0.4) is 0 Å². The summed E-state index contributed by atoms with van der Waals surface area (Å²) in [4.78, 5) is 7.77. The fraction of sp³-hybridized carbons (Fsp3) is 0.0577. The van der Waals surface area contributed by atoms with Crippen molar-refractivity contribution in [1.29, 1.82) is 0 Å². The number of furan rings is 1. The Bertz CT molecular complexity index is 3110. The number of benzene rings is 8. The van der Waals surface area contributed by atoms with Gasteiger partial charge in [-0.1, -0.05) is 153 Å². The quantitative estimate of drug-likeness (QED) is 0.167. The number of hydrogen-bond donors (Lipinski definition) is 0. The zero-order chi connectivity index (χ0) is 36.7. The van der Waals surface area contributed by atoms with Crippen molar-refractivity contribution in [2.75, 3.05) is 4.90 Å². The largest absolute Gasteiger partial charge is 0.454 e. The molecule has 1 aliphatic carbocycles. The third-order valence-corrected chi connectivity index (χ3v) is 11.6. The molecule has 0 N–H and O–H groups in total. The van der Waals surface area contributed by atoms with Gasteiger partial charge in [0, 0.05) is 49.3 Å². The molecule has 0 aliphatic heterocycles. The molecule has 10 aromatic rings. The van der Waals surface area contributed by atoms with E-state index in [4.69, 9.17) is 9.40 Å². The lowest BCUT2D eigenvalue weighted by molar-refractivity contribution is 0.660. The van der Waals surface area contributed by atoms with E-state index >= 15 is 0 Å². The van der Waals surface area contributed by atoms with Gasteiger partial charge in [-0.2, -0.15) is 0 Å². The van der Waals surface area contributed by atoms with Crippen molar-refractivity contribution in [3.8, 4) is 33.5 Å². The summed E-state index contributed by atoms with van der Waals surface area (Å²) in [6, 6.07) is 65.2. The van der Waals surface area contributed by atoms with Crippen LogP contribution in [0.2, 0.25) is 0 Å². The summed E-state index contributed by atoms with van der Waals surface area (Å²) < 4.78 is 7.03. The first-order chi connectivity index (χ1) is 27.0. The number of fused-ring (bicyclic) bond motifs is 10. The maximum Gasteiger partial charge on any atom is 0.160 e. The van der Waals surface area contributed by atoms with Gasteiger partial charge >= 0.3 is 0 Å². The van der Waals surface area contributed by atoms with E-state index in [0.717, 1.165) is 71.9 Å². The second kappa shape index (κ2) is 12.0. The van der Waals surface area contributed by atoms with Gasteiger partial charge in [0.25, 0.3) is 0 Å². The van der Waals surface area contributed by atoms with Gasteiger partial charge in [-0.3, -0.25) is 0 Å². The highest BCUT2D eigenvalue weighted by atomic mass is 16.3. The maximum atomic E-state index is 7.03. The topological polar surface area (TPSA) is 29.3 Å². The van der Waals surface area contributed by atoms with Crippen LogP contribution in [0, 0.1) is 0 Å². The summed E-state index contributed by atoms with van der Waals surface area (Å²) in [6.45, 7) is 4.69. The summed E-state index contributed by atoms with van der Waals surface area (Å²) in [7, 11) is 0. The lowest BCUT2D eigenvalue weighted by Gasteiger charge is -2.29. The van der Waals surface area contributed by atoms with Crippen LogP contribution in [0.5, 0.6) is 0 Å². The van der Waals surface area contributed by atoms with E-state index < -0.39 is 0 Å². The number of hydrogen-bond acceptors (Lipinski definition) is 3. The van der Waals surface area contributed by atoms with Crippen molar-refractivity contribution >= 4 is 60.7 Å². The Morgan fingerprint density at radius 2 is 1.09 bits per heavy atom. The predicted octanol–water partition coefficient (Wildman–Crippen LogP) is 14.4. The van der Waals surface area contributed by atoms with Crippen LogP contribution in [0.25, 0.3) is 77.1 Å². The Morgan fingerprint density at radius 1 is 0.473 bits per heavy atom. The zero-order valence-electron chi connectivity index (χ0n) is 30.6. The lowest BCUT2D eigenvalue weighted by Crippen LogP contribution is -2.16. The fourth-order valence-electron chi connectivity index (χ4n) is 8.99. The van der Waals surface area contributed by atoms with Crippen LogP contribution in [-0.4, -0.2) is 4.98 Å². The third-order valence-electron chi connectivity index (χ3n) is 11.6. The Morgan fingerprint density at radius 3 is 1.89 bits per heavy atom. The molecule has 55 heavy (non-hydrogen) atoms. The Labute approximate surface area is 319 Å². The van der Waals surface area contributed by atoms with Gasteiger partial charge in [0.05, 0.1) is 16.9 Å². The summed E-state index contributed by atoms with van der Waals surface area (Å²) >= 11 is 0. The lowest BCUT2D eigenvalue weighted by atomic mass is 9.82. The second-order valence-electron chi connectivity index (χ2n) is 15.1. The molecule has 0 spiro atoms. The molecule has 0 bridgehead atoms. The molecule has 0 atom stereocenters. The molecule has 0 fully saturated rings. The number of rotatable bonds is 5. The smallest absolute Gasteiger partial charge is 0.160 e. The van der Waals surface area contributed by atoms with E-state index in [2.05, 4.69) is 201 Å². The average molecular weight is 705 g/mol. The molecular weight excluding hydrogens is 669 g/mol. The molecule has 3 nitrogen and oxygen atoms in total. The Kier molecular flexibility index (Phi) is 6.90. The van der Waals surface area contributed by atoms with Crippen molar-refractivity contribution in [3.63, 3.8) is 0 Å². The molecule has 0 amide bonds. The van der Waals surface area contributed by atoms with E-state index in [9.17, 15) is 0 Å². The normalized spacial score (nSPS) is 13.1.